The van der Waals surface area contributed by atoms with Crippen LogP contribution in [0.25, 0.3) is 0 Å². The lowest BCUT2D eigenvalue weighted by Crippen LogP contribution is -2.46. The molecule has 1 nitrogen and oxygen atoms in total. The third-order valence-corrected chi connectivity index (χ3v) is 10.0. The normalized spacial score (nSPS) is 11.1. The van der Waals surface area contributed by atoms with Crippen molar-refractivity contribution < 1.29 is 4.43 Å². The molecule has 0 radical (unpaired) electrons. The summed E-state index contributed by atoms with van der Waals surface area (Å²) in [7, 11) is -1.82. The molecule has 0 aliphatic rings. The van der Waals surface area contributed by atoms with Gasteiger partial charge in [-0.15, -0.1) is 11.8 Å². The highest BCUT2D eigenvalue weighted by atomic mass is 28.4. The van der Waals surface area contributed by atoms with Gasteiger partial charge in [0.05, 0.1) is 6.11 Å². The van der Waals surface area contributed by atoms with E-state index in [2.05, 4.69) is 72.3 Å². The Morgan fingerprint density at radius 3 is 1.71 bits per heavy atom. The molecule has 0 aromatic heterocycles. The summed E-state index contributed by atoms with van der Waals surface area (Å²) in [5.41, 5.74) is 1.75. The molecule has 2 heteroatoms. The van der Waals surface area contributed by atoms with Gasteiger partial charge in [0.15, 0.2) is 0 Å². The minimum Gasteiger partial charge on any atom is -0.500 e. The van der Waals surface area contributed by atoms with Crippen LogP contribution in [0.15, 0.2) is 0 Å². The zero-order valence-corrected chi connectivity index (χ0v) is 16.2. The maximum atomic E-state index is 6.19. The van der Waals surface area contributed by atoms with E-state index in [9.17, 15) is 0 Å². The molecule has 0 aromatic rings. The Bertz CT molecular complexity index is 365. The van der Waals surface area contributed by atoms with E-state index < -0.39 is 8.32 Å². The van der Waals surface area contributed by atoms with Gasteiger partial charge in [-0.3, -0.25) is 0 Å². The summed E-state index contributed by atoms with van der Waals surface area (Å²) < 4.78 is 6.19. The summed E-state index contributed by atoms with van der Waals surface area (Å²) in [5, 5.41) is 0. The monoisotopic (exact) mass is 306 g/mol. The van der Waals surface area contributed by atoms with Crippen molar-refractivity contribution in [2.45, 2.75) is 97.2 Å². The molecule has 0 saturated heterocycles. The van der Waals surface area contributed by atoms with Gasteiger partial charge in [-0.25, -0.2) is 0 Å². The zero-order valence-electron chi connectivity index (χ0n) is 15.2. The van der Waals surface area contributed by atoms with Crippen LogP contribution in [0.4, 0.5) is 0 Å². The maximum Gasteiger partial charge on any atom is 0.272 e. The lowest BCUT2D eigenvalue weighted by Gasteiger charge is -2.39. The number of unbranched alkanes of at least 4 members (excludes halogenated alkanes) is 3. The predicted molar refractivity (Wildman–Crippen MR) is 96.4 cm³/mol. The Kier molecular flexibility index (Phi) is 10.4. The molecule has 0 aliphatic heterocycles. The molecular weight excluding hydrogens is 272 g/mol. The Hall–Kier alpha value is -0.863. The van der Waals surface area contributed by atoms with Crippen molar-refractivity contribution in [2.75, 3.05) is 0 Å². The molecule has 0 saturated carbocycles. The zero-order chi connectivity index (χ0) is 16.3. The topological polar surface area (TPSA) is 9.23 Å². The fourth-order valence-corrected chi connectivity index (χ4v) is 8.05. The summed E-state index contributed by atoms with van der Waals surface area (Å²) >= 11 is 0. The van der Waals surface area contributed by atoms with E-state index in [0.29, 0.717) is 16.6 Å². The highest BCUT2D eigenvalue weighted by Crippen LogP contribution is 2.41. The lowest BCUT2D eigenvalue weighted by molar-refractivity contribution is 0.446. The van der Waals surface area contributed by atoms with E-state index in [1.54, 1.807) is 0 Å². The fourth-order valence-electron chi connectivity index (χ4n) is 3.10. The minimum absolute atomic E-state index is 0.584. The first-order valence-corrected chi connectivity index (χ1v) is 10.6. The largest absolute Gasteiger partial charge is 0.500 e. The second kappa shape index (κ2) is 10.8. The molecule has 0 N–H and O–H groups in total. The van der Waals surface area contributed by atoms with Crippen LogP contribution in [0.3, 0.4) is 0 Å². The van der Waals surface area contributed by atoms with Crippen molar-refractivity contribution in [1.82, 2.24) is 0 Å². The molecule has 0 heterocycles. The van der Waals surface area contributed by atoms with Crippen LogP contribution >= 0.6 is 0 Å². The molecule has 0 spiro atoms. The van der Waals surface area contributed by atoms with Gasteiger partial charge in [0.2, 0.25) is 0 Å². The Balaban J connectivity index is 4.45. The first kappa shape index (κ1) is 20.1. The van der Waals surface area contributed by atoms with E-state index >= 15 is 0 Å². The van der Waals surface area contributed by atoms with E-state index in [4.69, 9.17) is 4.43 Å². The van der Waals surface area contributed by atoms with Crippen molar-refractivity contribution in [3.63, 3.8) is 0 Å². The van der Waals surface area contributed by atoms with Gasteiger partial charge in [0.25, 0.3) is 8.32 Å². The van der Waals surface area contributed by atoms with Crippen LogP contribution in [-0.2, 0) is 4.43 Å². The smallest absolute Gasteiger partial charge is 0.272 e. The third kappa shape index (κ3) is 6.62. The summed E-state index contributed by atoms with van der Waals surface area (Å²) in [4.78, 5) is 0. The standard InChI is InChI=1S/C19H34OSi/c1-8-9-10-11-12-13-14-15-16-20-21(17(2)3,18(4)5)19(6)7/h17-19H,8-10,13-14H2,1-7H3. The molecular formula is C19H34OSi. The van der Waals surface area contributed by atoms with Gasteiger partial charge < -0.3 is 4.43 Å². The van der Waals surface area contributed by atoms with Crippen LogP contribution in [0.2, 0.25) is 16.6 Å². The average molecular weight is 307 g/mol. The SMILES string of the molecule is CCCCC#CCCC#CO[Si](C(C)C)(C(C)C)C(C)C. The fraction of sp³-hybridized carbons (Fsp3) is 0.789. The molecule has 120 valence electrons. The number of hydrogen-bond acceptors (Lipinski definition) is 1. The second-order valence-corrected chi connectivity index (χ2v) is 12.0. The molecule has 0 atom stereocenters. The van der Waals surface area contributed by atoms with Gasteiger partial charge >= 0.3 is 0 Å². The van der Waals surface area contributed by atoms with Gasteiger partial charge in [-0.2, -0.15) is 0 Å². The van der Waals surface area contributed by atoms with Crippen LogP contribution in [0.1, 0.15) is 80.6 Å². The highest BCUT2D eigenvalue weighted by molar-refractivity contribution is 6.77. The summed E-state index contributed by atoms with van der Waals surface area (Å²) in [6.45, 7) is 15.9. The highest BCUT2D eigenvalue weighted by Gasteiger charge is 2.46. The number of rotatable bonds is 7. The maximum absolute atomic E-state index is 6.19. The van der Waals surface area contributed by atoms with Crippen LogP contribution in [-0.4, -0.2) is 8.32 Å². The Morgan fingerprint density at radius 1 is 0.762 bits per heavy atom. The molecule has 21 heavy (non-hydrogen) atoms. The van der Waals surface area contributed by atoms with Crippen molar-refractivity contribution >= 4 is 8.32 Å². The molecule has 0 bridgehead atoms. The molecule has 0 rings (SSSR count). The Labute approximate surface area is 134 Å². The Morgan fingerprint density at radius 2 is 1.24 bits per heavy atom. The second-order valence-electron chi connectivity index (χ2n) is 6.66. The number of hydrogen-bond donors (Lipinski definition) is 0. The summed E-state index contributed by atoms with van der Waals surface area (Å²) in [5.74, 6) is 9.54. The van der Waals surface area contributed by atoms with Gasteiger partial charge in [-0.1, -0.05) is 60.8 Å². The van der Waals surface area contributed by atoms with E-state index in [1.807, 2.05) is 0 Å². The molecule has 0 amide bonds. The summed E-state index contributed by atoms with van der Waals surface area (Å²) in [6.07, 6.45) is 8.13. The first-order valence-electron chi connectivity index (χ1n) is 8.51. The lowest BCUT2D eigenvalue weighted by atomic mass is 10.2. The van der Waals surface area contributed by atoms with Gasteiger partial charge in [-0.05, 0) is 23.0 Å². The quantitative estimate of drug-likeness (QED) is 0.313. The summed E-state index contributed by atoms with van der Waals surface area (Å²) in [6, 6.07) is 0. The van der Waals surface area contributed by atoms with E-state index in [1.165, 1.54) is 12.8 Å². The van der Waals surface area contributed by atoms with Crippen molar-refractivity contribution in [1.29, 1.82) is 0 Å². The van der Waals surface area contributed by atoms with Crippen molar-refractivity contribution in [3.05, 3.63) is 0 Å². The van der Waals surface area contributed by atoms with Crippen LogP contribution in [0, 0.1) is 23.9 Å². The minimum atomic E-state index is -1.82. The third-order valence-electron chi connectivity index (χ3n) is 4.16. The first-order chi connectivity index (χ1) is 9.89. The van der Waals surface area contributed by atoms with Crippen molar-refractivity contribution in [3.8, 4) is 23.9 Å². The molecule has 0 aromatic carbocycles. The van der Waals surface area contributed by atoms with E-state index in [0.717, 1.165) is 19.3 Å². The van der Waals surface area contributed by atoms with Gasteiger partial charge in [0, 0.05) is 19.3 Å². The van der Waals surface area contributed by atoms with E-state index in [-0.39, 0.29) is 0 Å². The molecule has 0 fully saturated rings. The predicted octanol–water partition coefficient (Wildman–Crippen LogP) is 6.11. The molecule has 0 aliphatic carbocycles. The molecule has 0 unspecified atom stereocenters. The van der Waals surface area contributed by atoms with Crippen molar-refractivity contribution in [2.24, 2.45) is 0 Å². The van der Waals surface area contributed by atoms with Crippen LogP contribution in [0.5, 0.6) is 0 Å². The van der Waals surface area contributed by atoms with Gasteiger partial charge in [0.1, 0.15) is 0 Å². The average Bonchev–Trinajstić information content (AvgIpc) is 2.39. The van der Waals surface area contributed by atoms with Crippen LogP contribution < -0.4 is 0 Å².